The second kappa shape index (κ2) is 13.6. The molecule has 3 N–H and O–H groups in total. The number of nitrogens with zero attached hydrogens (tertiary/aromatic N) is 1. The predicted molar refractivity (Wildman–Crippen MR) is 126 cm³/mol. The highest BCUT2D eigenvalue weighted by atomic mass is 127. The Morgan fingerprint density at radius 3 is 2.39 bits per heavy atom. The van der Waals surface area contributed by atoms with Crippen molar-refractivity contribution in [3.63, 3.8) is 0 Å². The Hall–Kier alpha value is -2.63. The number of carbonyl (C=O) groups is 1. The zero-order valence-corrected chi connectivity index (χ0v) is 19.9. The van der Waals surface area contributed by atoms with Gasteiger partial charge in [0.25, 0.3) is 0 Å². The summed E-state index contributed by atoms with van der Waals surface area (Å²) in [5.41, 5.74) is 2.41. The maximum atomic E-state index is 12.6. The zero-order valence-electron chi connectivity index (χ0n) is 17.6. The second-order valence-corrected chi connectivity index (χ2v) is 6.39. The summed E-state index contributed by atoms with van der Waals surface area (Å²) in [5, 5.41) is 8.67. The molecule has 0 unspecified atom stereocenters. The zero-order chi connectivity index (χ0) is 21.9. The van der Waals surface area contributed by atoms with Crippen LogP contribution in [0, 0.1) is 6.92 Å². The molecule has 0 fully saturated rings. The SMILES string of the molecule is CN=C(NCC(=O)NCc1ccc(OC)cc1)NCc1cc(C)ccc1OC(F)F.I. The van der Waals surface area contributed by atoms with Crippen LogP contribution in [0.2, 0.25) is 0 Å². The van der Waals surface area contributed by atoms with Crippen molar-refractivity contribution in [2.45, 2.75) is 26.6 Å². The van der Waals surface area contributed by atoms with Gasteiger partial charge < -0.3 is 25.4 Å². The molecule has 170 valence electrons. The number of carbonyl (C=O) groups excluding carboxylic acids is 1. The topological polar surface area (TPSA) is 84.0 Å². The fraction of sp³-hybridized carbons (Fsp3) is 0.333. The summed E-state index contributed by atoms with van der Waals surface area (Å²) >= 11 is 0. The smallest absolute Gasteiger partial charge is 0.387 e. The largest absolute Gasteiger partial charge is 0.497 e. The van der Waals surface area contributed by atoms with Gasteiger partial charge in [0, 0.05) is 25.7 Å². The molecule has 0 aliphatic rings. The van der Waals surface area contributed by atoms with Crippen molar-refractivity contribution >= 4 is 35.8 Å². The van der Waals surface area contributed by atoms with E-state index in [-0.39, 0.29) is 48.7 Å². The van der Waals surface area contributed by atoms with Gasteiger partial charge in [0.05, 0.1) is 13.7 Å². The molecule has 31 heavy (non-hydrogen) atoms. The molecule has 2 aromatic carbocycles. The van der Waals surface area contributed by atoms with Crippen molar-refractivity contribution in [3.05, 3.63) is 59.2 Å². The van der Waals surface area contributed by atoms with Crippen LogP contribution >= 0.6 is 24.0 Å². The number of methoxy groups -OCH3 is 1. The number of nitrogens with one attached hydrogen (secondary N) is 3. The minimum Gasteiger partial charge on any atom is -0.497 e. The molecule has 1 amide bonds. The van der Waals surface area contributed by atoms with Gasteiger partial charge in [-0.25, -0.2) is 0 Å². The molecule has 0 saturated carbocycles. The summed E-state index contributed by atoms with van der Waals surface area (Å²) in [6, 6.07) is 12.3. The summed E-state index contributed by atoms with van der Waals surface area (Å²) in [4.78, 5) is 16.1. The van der Waals surface area contributed by atoms with E-state index < -0.39 is 6.61 Å². The molecule has 0 bridgehead atoms. The van der Waals surface area contributed by atoms with E-state index in [2.05, 4.69) is 25.7 Å². The van der Waals surface area contributed by atoms with E-state index in [0.29, 0.717) is 18.1 Å². The number of hydrogen-bond acceptors (Lipinski definition) is 4. The van der Waals surface area contributed by atoms with E-state index >= 15 is 0 Å². The van der Waals surface area contributed by atoms with E-state index in [1.165, 1.54) is 6.07 Å². The third kappa shape index (κ3) is 9.37. The number of hydrogen-bond donors (Lipinski definition) is 3. The summed E-state index contributed by atoms with van der Waals surface area (Å²) in [6.07, 6.45) is 0. The number of alkyl halides is 2. The Morgan fingerprint density at radius 2 is 1.77 bits per heavy atom. The fourth-order valence-corrected chi connectivity index (χ4v) is 2.63. The van der Waals surface area contributed by atoms with Crippen molar-refractivity contribution in [1.29, 1.82) is 0 Å². The van der Waals surface area contributed by atoms with E-state index in [1.807, 2.05) is 31.2 Å². The quantitative estimate of drug-likeness (QED) is 0.255. The summed E-state index contributed by atoms with van der Waals surface area (Å²) in [7, 11) is 3.15. The van der Waals surface area contributed by atoms with E-state index in [4.69, 9.17) is 4.74 Å². The minimum absolute atomic E-state index is 0. The van der Waals surface area contributed by atoms with Crippen LogP contribution < -0.4 is 25.4 Å². The van der Waals surface area contributed by atoms with Crippen LogP contribution in [0.15, 0.2) is 47.5 Å². The van der Waals surface area contributed by atoms with Gasteiger partial charge >= 0.3 is 6.61 Å². The molecule has 2 aromatic rings. The highest BCUT2D eigenvalue weighted by Gasteiger charge is 2.11. The molecule has 2 rings (SSSR count). The van der Waals surface area contributed by atoms with Crippen molar-refractivity contribution in [3.8, 4) is 11.5 Å². The predicted octanol–water partition coefficient (Wildman–Crippen LogP) is 3.20. The van der Waals surface area contributed by atoms with Crippen LogP contribution in [0.1, 0.15) is 16.7 Å². The molecule has 0 saturated heterocycles. The normalized spacial score (nSPS) is 10.8. The first kappa shape index (κ1) is 26.4. The molecule has 0 heterocycles. The van der Waals surface area contributed by atoms with Crippen LogP contribution in [-0.2, 0) is 17.9 Å². The molecular weight excluding hydrogens is 521 g/mol. The van der Waals surface area contributed by atoms with Gasteiger partial charge in [0.15, 0.2) is 5.96 Å². The van der Waals surface area contributed by atoms with Gasteiger partial charge in [-0.1, -0.05) is 29.8 Å². The molecular formula is C21H27F2IN4O3. The number of halogens is 3. The Morgan fingerprint density at radius 1 is 1.06 bits per heavy atom. The fourth-order valence-electron chi connectivity index (χ4n) is 2.63. The average Bonchev–Trinajstić information content (AvgIpc) is 2.74. The lowest BCUT2D eigenvalue weighted by atomic mass is 10.1. The van der Waals surface area contributed by atoms with Crippen LogP contribution in [0.3, 0.4) is 0 Å². The number of rotatable bonds is 9. The number of benzene rings is 2. The lowest BCUT2D eigenvalue weighted by molar-refractivity contribution is -0.120. The molecule has 10 heteroatoms. The standard InChI is InChI=1S/C21H26F2N4O3.HI/c1-14-4-9-18(30-20(22)23)16(10-14)12-26-21(24-2)27-13-19(28)25-11-15-5-7-17(29-3)8-6-15;/h4-10,20H,11-13H2,1-3H3,(H,25,28)(H2,24,26,27);1H. The van der Waals surface area contributed by atoms with Crippen molar-refractivity contribution in [1.82, 2.24) is 16.0 Å². The Kier molecular flexibility index (Phi) is 11.6. The summed E-state index contributed by atoms with van der Waals surface area (Å²) < 4.78 is 34.8. The molecule has 7 nitrogen and oxygen atoms in total. The van der Waals surface area contributed by atoms with Crippen LogP contribution in [0.4, 0.5) is 8.78 Å². The van der Waals surface area contributed by atoms with E-state index in [1.54, 1.807) is 26.3 Å². The maximum absolute atomic E-state index is 12.6. The summed E-state index contributed by atoms with van der Waals surface area (Å²) in [6.45, 7) is -0.455. The van der Waals surface area contributed by atoms with Crippen molar-refractivity contribution in [2.75, 3.05) is 20.7 Å². The monoisotopic (exact) mass is 548 g/mol. The average molecular weight is 548 g/mol. The molecule has 0 spiro atoms. The first-order valence-corrected chi connectivity index (χ1v) is 9.29. The van der Waals surface area contributed by atoms with Gasteiger partial charge in [-0.2, -0.15) is 8.78 Å². The van der Waals surface area contributed by atoms with Crippen LogP contribution in [-0.4, -0.2) is 39.2 Å². The number of amides is 1. The number of ether oxygens (including phenoxy) is 2. The third-order valence-corrected chi connectivity index (χ3v) is 4.17. The lowest BCUT2D eigenvalue weighted by Gasteiger charge is -2.15. The van der Waals surface area contributed by atoms with Gasteiger partial charge in [0.1, 0.15) is 11.5 Å². The first-order valence-electron chi connectivity index (χ1n) is 9.29. The number of aliphatic imine (C=N–C) groups is 1. The Labute approximate surface area is 197 Å². The second-order valence-electron chi connectivity index (χ2n) is 6.39. The Balaban J connectivity index is 0.00000480. The van der Waals surface area contributed by atoms with E-state index in [9.17, 15) is 13.6 Å². The lowest BCUT2D eigenvalue weighted by Crippen LogP contribution is -2.42. The first-order chi connectivity index (χ1) is 14.4. The van der Waals surface area contributed by atoms with E-state index in [0.717, 1.165) is 16.9 Å². The summed E-state index contributed by atoms with van der Waals surface area (Å²) in [5.74, 6) is 0.985. The molecule has 0 radical (unpaired) electrons. The highest BCUT2D eigenvalue weighted by molar-refractivity contribution is 14.0. The molecule has 0 atom stereocenters. The van der Waals surface area contributed by atoms with Gasteiger partial charge in [0.2, 0.25) is 5.91 Å². The highest BCUT2D eigenvalue weighted by Crippen LogP contribution is 2.21. The Bertz CT molecular complexity index is 864. The molecule has 0 aromatic heterocycles. The number of guanidine groups is 1. The van der Waals surface area contributed by atoms with Crippen LogP contribution in [0.5, 0.6) is 11.5 Å². The van der Waals surface area contributed by atoms with Gasteiger partial charge in [-0.15, -0.1) is 24.0 Å². The van der Waals surface area contributed by atoms with Crippen molar-refractivity contribution < 1.29 is 23.0 Å². The molecule has 0 aliphatic carbocycles. The number of aryl methyl sites for hydroxylation is 1. The third-order valence-electron chi connectivity index (χ3n) is 4.17. The van der Waals surface area contributed by atoms with Gasteiger partial charge in [-0.3, -0.25) is 9.79 Å². The minimum atomic E-state index is -2.90. The van der Waals surface area contributed by atoms with Crippen LogP contribution in [0.25, 0.3) is 0 Å². The maximum Gasteiger partial charge on any atom is 0.387 e. The molecule has 0 aliphatic heterocycles. The van der Waals surface area contributed by atoms with Gasteiger partial charge in [-0.05, 0) is 30.7 Å². The van der Waals surface area contributed by atoms with Crippen molar-refractivity contribution in [2.24, 2.45) is 4.99 Å².